The van der Waals surface area contributed by atoms with Gasteiger partial charge in [0, 0.05) is 34.3 Å². The van der Waals surface area contributed by atoms with Crippen LogP contribution < -0.4 is 15.4 Å². The molecule has 3 rings (SSSR count). The second kappa shape index (κ2) is 9.57. The Kier molecular flexibility index (Phi) is 6.89. The molecule has 10 heteroatoms. The molecule has 0 spiro atoms. The Balaban J connectivity index is 1.54. The van der Waals surface area contributed by atoms with Crippen LogP contribution in [0.3, 0.4) is 0 Å². The van der Waals surface area contributed by atoms with Crippen molar-refractivity contribution in [3.8, 4) is 17.0 Å². The van der Waals surface area contributed by atoms with E-state index in [1.54, 1.807) is 23.6 Å². The number of aryl methyl sites for hydroxylation is 1. The van der Waals surface area contributed by atoms with Crippen molar-refractivity contribution in [2.45, 2.75) is 20.0 Å². The molecule has 6 nitrogen and oxygen atoms in total. The minimum Gasteiger partial charge on any atom is -0.435 e. The predicted octanol–water partition coefficient (Wildman–Crippen LogP) is 4.54. The van der Waals surface area contributed by atoms with E-state index in [2.05, 4.69) is 20.4 Å². The summed E-state index contributed by atoms with van der Waals surface area (Å²) in [7, 11) is 0. The average Bonchev–Trinajstić information content (AvgIpc) is 3.32. The second-order valence-electron chi connectivity index (χ2n) is 5.89. The molecule has 0 fully saturated rings. The maximum absolute atomic E-state index is 12.2. The Morgan fingerprint density at radius 1 is 1.21 bits per heavy atom. The number of nitrogens with one attached hydrogen (secondary N) is 2. The third-order valence-corrected chi connectivity index (χ3v) is 5.39. The SMILES string of the molecule is Cc1sc(NC(=O)CCNC(=O)c2ccsc2)nc1-c1ccc(OC(F)F)cc1. The standard InChI is InChI=1S/C19H17F2N3O3S2/c1-11-16(12-2-4-14(5-3-12)27-18(20)21)24-19(29-11)23-15(25)6-8-22-17(26)13-7-9-28-10-13/h2-5,7,9-10,18H,6,8H2,1H3,(H,22,26)(H,23,24,25). The zero-order valence-electron chi connectivity index (χ0n) is 15.3. The fourth-order valence-electron chi connectivity index (χ4n) is 2.48. The van der Waals surface area contributed by atoms with Gasteiger partial charge >= 0.3 is 6.61 Å². The predicted molar refractivity (Wildman–Crippen MR) is 109 cm³/mol. The smallest absolute Gasteiger partial charge is 0.387 e. The van der Waals surface area contributed by atoms with Gasteiger partial charge in [-0.05, 0) is 42.6 Å². The van der Waals surface area contributed by atoms with Crippen LogP contribution in [0.1, 0.15) is 21.7 Å². The van der Waals surface area contributed by atoms with Crippen molar-refractivity contribution in [1.82, 2.24) is 10.3 Å². The Labute approximate surface area is 173 Å². The first-order valence-electron chi connectivity index (χ1n) is 8.55. The number of thiazole rings is 1. The van der Waals surface area contributed by atoms with Gasteiger partial charge in [-0.25, -0.2) is 4.98 Å². The molecular weight excluding hydrogens is 420 g/mol. The highest BCUT2D eigenvalue weighted by Gasteiger charge is 2.13. The second-order valence-corrected chi connectivity index (χ2v) is 7.88. The van der Waals surface area contributed by atoms with Crippen molar-refractivity contribution in [3.63, 3.8) is 0 Å². The van der Waals surface area contributed by atoms with Gasteiger partial charge in [0.25, 0.3) is 5.91 Å². The monoisotopic (exact) mass is 437 g/mol. The minimum absolute atomic E-state index is 0.0645. The number of carbonyl (C=O) groups is 2. The van der Waals surface area contributed by atoms with Crippen LogP contribution in [0.25, 0.3) is 11.3 Å². The number of anilines is 1. The van der Waals surface area contributed by atoms with E-state index in [-0.39, 0.29) is 30.5 Å². The molecule has 0 atom stereocenters. The Morgan fingerprint density at radius 2 is 1.97 bits per heavy atom. The van der Waals surface area contributed by atoms with Crippen molar-refractivity contribution in [3.05, 3.63) is 51.5 Å². The van der Waals surface area contributed by atoms with Gasteiger partial charge in [-0.3, -0.25) is 9.59 Å². The average molecular weight is 437 g/mol. The van der Waals surface area contributed by atoms with Crippen LogP contribution in [0, 0.1) is 6.92 Å². The van der Waals surface area contributed by atoms with Gasteiger partial charge in [0.1, 0.15) is 5.75 Å². The number of carbonyl (C=O) groups excluding carboxylic acids is 2. The molecule has 0 unspecified atom stereocenters. The number of hydrogen-bond acceptors (Lipinski definition) is 6. The Hall–Kier alpha value is -2.85. The highest BCUT2D eigenvalue weighted by molar-refractivity contribution is 7.16. The van der Waals surface area contributed by atoms with E-state index in [0.29, 0.717) is 16.4 Å². The van der Waals surface area contributed by atoms with Gasteiger partial charge in [0.2, 0.25) is 5.91 Å². The highest BCUT2D eigenvalue weighted by Crippen LogP contribution is 2.31. The van der Waals surface area contributed by atoms with Gasteiger partial charge < -0.3 is 15.4 Å². The maximum atomic E-state index is 12.2. The number of halogens is 2. The molecule has 0 radical (unpaired) electrons. The Morgan fingerprint density at radius 3 is 2.62 bits per heavy atom. The first-order chi connectivity index (χ1) is 13.9. The molecule has 2 aromatic heterocycles. The van der Waals surface area contributed by atoms with E-state index in [0.717, 1.165) is 10.4 Å². The molecule has 0 aliphatic carbocycles. The molecule has 0 aliphatic rings. The first-order valence-corrected chi connectivity index (χ1v) is 10.3. The summed E-state index contributed by atoms with van der Waals surface area (Å²) in [4.78, 5) is 29.2. The summed E-state index contributed by atoms with van der Waals surface area (Å²) in [6, 6.07) is 7.85. The maximum Gasteiger partial charge on any atom is 0.387 e. The zero-order valence-corrected chi connectivity index (χ0v) is 16.9. The number of rotatable bonds is 8. The van der Waals surface area contributed by atoms with E-state index in [9.17, 15) is 18.4 Å². The van der Waals surface area contributed by atoms with Crippen LogP contribution >= 0.6 is 22.7 Å². The van der Waals surface area contributed by atoms with Crippen molar-refractivity contribution < 1.29 is 23.1 Å². The van der Waals surface area contributed by atoms with Gasteiger partial charge in [0.15, 0.2) is 5.13 Å². The number of thiophene rings is 1. The summed E-state index contributed by atoms with van der Waals surface area (Å²) >= 11 is 2.74. The molecule has 2 amide bonds. The normalized spacial score (nSPS) is 10.8. The highest BCUT2D eigenvalue weighted by atomic mass is 32.1. The molecule has 2 N–H and O–H groups in total. The first kappa shape index (κ1) is 20.9. The summed E-state index contributed by atoms with van der Waals surface area (Å²) in [6.45, 7) is -0.810. The third kappa shape index (κ3) is 5.81. The summed E-state index contributed by atoms with van der Waals surface area (Å²) in [5.74, 6) is -0.419. The van der Waals surface area contributed by atoms with E-state index in [1.807, 2.05) is 12.3 Å². The number of aromatic nitrogens is 1. The summed E-state index contributed by atoms with van der Waals surface area (Å²) in [5.41, 5.74) is 1.95. The molecule has 152 valence electrons. The lowest BCUT2D eigenvalue weighted by Gasteiger charge is -2.05. The van der Waals surface area contributed by atoms with E-state index < -0.39 is 6.61 Å². The van der Waals surface area contributed by atoms with Crippen LogP contribution in [-0.4, -0.2) is 30.0 Å². The summed E-state index contributed by atoms with van der Waals surface area (Å²) in [6.07, 6.45) is 0.115. The number of amides is 2. The van der Waals surface area contributed by atoms with Crippen LogP contribution in [0.2, 0.25) is 0 Å². The minimum atomic E-state index is -2.88. The van der Waals surface area contributed by atoms with Crippen LogP contribution in [-0.2, 0) is 4.79 Å². The fraction of sp³-hybridized carbons (Fsp3) is 0.211. The van der Waals surface area contributed by atoms with Gasteiger partial charge in [-0.2, -0.15) is 20.1 Å². The van der Waals surface area contributed by atoms with Gasteiger partial charge in [-0.15, -0.1) is 11.3 Å². The van der Waals surface area contributed by atoms with Crippen molar-refractivity contribution in [2.24, 2.45) is 0 Å². The lowest BCUT2D eigenvalue weighted by molar-refractivity contribution is -0.116. The van der Waals surface area contributed by atoms with Crippen LogP contribution in [0.4, 0.5) is 13.9 Å². The number of alkyl halides is 2. The Bertz CT molecular complexity index is 973. The fourth-order valence-corrected chi connectivity index (χ4v) is 3.97. The molecule has 2 heterocycles. The number of hydrogen-bond donors (Lipinski definition) is 2. The molecule has 0 bridgehead atoms. The molecule has 0 saturated heterocycles. The molecule has 3 aromatic rings. The van der Waals surface area contributed by atoms with Crippen molar-refractivity contribution in [2.75, 3.05) is 11.9 Å². The van der Waals surface area contributed by atoms with Crippen LogP contribution in [0.15, 0.2) is 41.1 Å². The van der Waals surface area contributed by atoms with Crippen molar-refractivity contribution in [1.29, 1.82) is 0 Å². The quantitative estimate of drug-likeness (QED) is 0.542. The summed E-state index contributed by atoms with van der Waals surface area (Å²) < 4.78 is 28.8. The molecule has 29 heavy (non-hydrogen) atoms. The summed E-state index contributed by atoms with van der Waals surface area (Å²) in [5, 5.41) is 9.38. The van der Waals surface area contributed by atoms with Gasteiger partial charge in [-0.1, -0.05) is 0 Å². The van der Waals surface area contributed by atoms with Crippen LogP contribution in [0.5, 0.6) is 5.75 Å². The largest absolute Gasteiger partial charge is 0.435 e. The van der Waals surface area contributed by atoms with Crippen molar-refractivity contribution >= 4 is 39.6 Å². The molecular formula is C19H17F2N3O3S2. The molecule has 0 aliphatic heterocycles. The molecule has 1 aromatic carbocycles. The topological polar surface area (TPSA) is 80.3 Å². The third-order valence-electron chi connectivity index (χ3n) is 3.82. The zero-order chi connectivity index (χ0) is 20.8. The van der Waals surface area contributed by atoms with E-state index in [4.69, 9.17) is 0 Å². The molecule has 0 saturated carbocycles. The van der Waals surface area contributed by atoms with E-state index >= 15 is 0 Å². The number of benzene rings is 1. The van der Waals surface area contributed by atoms with E-state index in [1.165, 1.54) is 34.8 Å². The lowest BCUT2D eigenvalue weighted by atomic mass is 10.1. The van der Waals surface area contributed by atoms with Gasteiger partial charge in [0.05, 0.1) is 5.69 Å². The lowest BCUT2D eigenvalue weighted by Crippen LogP contribution is -2.27. The number of ether oxygens (including phenoxy) is 1. The number of nitrogens with zero attached hydrogens (tertiary/aromatic N) is 1.